The van der Waals surface area contributed by atoms with Gasteiger partial charge in [-0.25, -0.2) is 4.98 Å². The Bertz CT molecular complexity index is 1230. The summed E-state index contributed by atoms with van der Waals surface area (Å²) in [5, 5.41) is 13.3. The molecule has 164 valence electrons. The quantitative estimate of drug-likeness (QED) is 0.380. The van der Waals surface area contributed by atoms with Crippen molar-refractivity contribution in [1.82, 2.24) is 24.7 Å². The number of fused-ring (bicyclic) bond motifs is 1. The van der Waals surface area contributed by atoms with Crippen molar-refractivity contribution in [2.45, 2.75) is 50.2 Å². The fourth-order valence-corrected chi connectivity index (χ4v) is 5.90. The third kappa shape index (κ3) is 4.54. The smallest absolute Gasteiger partial charge is 0.236 e. The molecule has 1 aromatic carbocycles. The van der Waals surface area contributed by atoms with E-state index in [2.05, 4.69) is 43.0 Å². The lowest BCUT2D eigenvalue weighted by atomic mass is 9.95. The number of pyridine rings is 1. The van der Waals surface area contributed by atoms with E-state index in [1.165, 1.54) is 47.9 Å². The fourth-order valence-electron chi connectivity index (χ4n) is 4.11. The van der Waals surface area contributed by atoms with Gasteiger partial charge >= 0.3 is 0 Å². The van der Waals surface area contributed by atoms with Crippen LogP contribution >= 0.6 is 23.1 Å². The van der Waals surface area contributed by atoms with E-state index in [4.69, 9.17) is 0 Å². The molecule has 0 bridgehead atoms. The number of thioether (sulfide) groups is 1. The van der Waals surface area contributed by atoms with Crippen molar-refractivity contribution < 1.29 is 4.79 Å². The zero-order valence-electron chi connectivity index (χ0n) is 17.8. The van der Waals surface area contributed by atoms with Gasteiger partial charge in [-0.15, -0.1) is 10.2 Å². The first-order valence-electron chi connectivity index (χ1n) is 10.8. The van der Waals surface area contributed by atoms with Crippen molar-refractivity contribution in [3.8, 4) is 11.4 Å². The first-order valence-corrected chi connectivity index (χ1v) is 12.6. The number of carbonyl (C=O) groups excluding carboxylic acids is 1. The number of hydrogen-bond donors (Lipinski definition) is 1. The second kappa shape index (κ2) is 9.38. The van der Waals surface area contributed by atoms with E-state index in [0.29, 0.717) is 11.2 Å². The molecular formula is C23H24N6OS2. The van der Waals surface area contributed by atoms with Gasteiger partial charge in [0.15, 0.2) is 16.1 Å². The summed E-state index contributed by atoms with van der Waals surface area (Å²) in [6.07, 6.45) is 9.46. The molecule has 1 amide bonds. The van der Waals surface area contributed by atoms with Crippen molar-refractivity contribution in [2.75, 3.05) is 11.1 Å². The lowest BCUT2D eigenvalue weighted by Crippen LogP contribution is -2.17. The van der Waals surface area contributed by atoms with Crippen LogP contribution in [0, 0.1) is 6.92 Å². The summed E-state index contributed by atoms with van der Waals surface area (Å²) in [5.74, 6) is 1.02. The molecule has 0 radical (unpaired) electrons. The van der Waals surface area contributed by atoms with Crippen LogP contribution in [-0.2, 0) is 4.79 Å². The molecule has 1 aliphatic carbocycles. The maximum absolute atomic E-state index is 12.7. The number of anilines is 1. The molecule has 1 fully saturated rings. The highest BCUT2D eigenvalue weighted by Crippen LogP contribution is 2.35. The van der Waals surface area contributed by atoms with E-state index in [1.807, 2.05) is 24.3 Å². The highest BCUT2D eigenvalue weighted by atomic mass is 32.2. The summed E-state index contributed by atoms with van der Waals surface area (Å²) in [4.78, 5) is 21.3. The number of nitrogens with zero attached hydrogens (tertiary/aromatic N) is 5. The molecule has 3 aromatic heterocycles. The van der Waals surface area contributed by atoms with Crippen LogP contribution < -0.4 is 5.32 Å². The van der Waals surface area contributed by atoms with Gasteiger partial charge in [0.2, 0.25) is 5.91 Å². The van der Waals surface area contributed by atoms with E-state index in [-0.39, 0.29) is 11.7 Å². The predicted molar refractivity (Wildman–Crippen MR) is 129 cm³/mol. The second-order valence-electron chi connectivity index (χ2n) is 8.03. The van der Waals surface area contributed by atoms with Crippen molar-refractivity contribution in [1.29, 1.82) is 0 Å². The number of benzene rings is 1. The van der Waals surface area contributed by atoms with E-state index >= 15 is 0 Å². The number of thiazole rings is 1. The lowest BCUT2D eigenvalue weighted by Gasteiger charge is -2.25. The lowest BCUT2D eigenvalue weighted by molar-refractivity contribution is -0.113. The van der Waals surface area contributed by atoms with Crippen LogP contribution in [0.2, 0.25) is 0 Å². The molecular weight excluding hydrogens is 440 g/mol. The topological polar surface area (TPSA) is 85.6 Å². The standard InChI is InChI=1S/C23H24N6OS2/c1-15-7-8-18-19(13-15)32-22(25-18)26-20(30)14-31-23-28-27-21(16-9-11-24-12-10-16)29(23)17-5-3-2-4-6-17/h7-13,17H,2-6,14H2,1H3,(H,25,26,30). The zero-order valence-corrected chi connectivity index (χ0v) is 19.5. The monoisotopic (exact) mass is 464 g/mol. The Morgan fingerprint density at radius 2 is 1.97 bits per heavy atom. The Morgan fingerprint density at radius 3 is 2.78 bits per heavy atom. The third-order valence-corrected chi connectivity index (χ3v) is 7.54. The predicted octanol–water partition coefficient (Wildman–Crippen LogP) is 5.49. The zero-order chi connectivity index (χ0) is 21.9. The van der Waals surface area contributed by atoms with Crippen molar-refractivity contribution >= 4 is 44.4 Å². The highest BCUT2D eigenvalue weighted by molar-refractivity contribution is 7.99. The van der Waals surface area contributed by atoms with E-state index < -0.39 is 0 Å². The molecule has 32 heavy (non-hydrogen) atoms. The van der Waals surface area contributed by atoms with E-state index in [0.717, 1.165) is 39.6 Å². The molecule has 1 N–H and O–H groups in total. The molecule has 5 rings (SSSR count). The Labute approximate surface area is 194 Å². The maximum Gasteiger partial charge on any atom is 0.236 e. The van der Waals surface area contributed by atoms with Crippen LogP contribution in [0.5, 0.6) is 0 Å². The number of carbonyl (C=O) groups is 1. The molecule has 0 atom stereocenters. The molecule has 7 nitrogen and oxygen atoms in total. The van der Waals surface area contributed by atoms with Crippen molar-refractivity contribution in [3.05, 3.63) is 48.3 Å². The van der Waals surface area contributed by atoms with Gasteiger partial charge in [0.1, 0.15) is 0 Å². The summed E-state index contributed by atoms with van der Waals surface area (Å²) < 4.78 is 3.30. The number of hydrogen-bond acceptors (Lipinski definition) is 7. The highest BCUT2D eigenvalue weighted by Gasteiger charge is 2.24. The van der Waals surface area contributed by atoms with Crippen LogP contribution in [0.1, 0.15) is 43.7 Å². The minimum atomic E-state index is -0.0885. The van der Waals surface area contributed by atoms with Gasteiger partial charge in [-0.3, -0.25) is 14.3 Å². The number of nitrogens with one attached hydrogen (secondary N) is 1. The molecule has 0 aliphatic heterocycles. The average molecular weight is 465 g/mol. The van der Waals surface area contributed by atoms with Crippen molar-refractivity contribution in [3.63, 3.8) is 0 Å². The van der Waals surface area contributed by atoms with Gasteiger partial charge in [-0.1, -0.05) is 48.4 Å². The minimum Gasteiger partial charge on any atom is -0.301 e. The van der Waals surface area contributed by atoms with Crippen LogP contribution in [0.4, 0.5) is 5.13 Å². The molecule has 1 aliphatic rings. The van der Waals surface area contributed by atoms with Crippen LogP contribution in [0.3, 0.4) is 0 Å². The Kier molecular flexibility index (Phi) is 6.18. The third-order valence-electron chi connectivity index (χ3n) is 5.67. The summed E-state index contributed by atoms with van der Waals surface area (Å²) in [5.41, 5.74) is 3.09. The fraction of sp³-hybridized carbons (Fsp3) is 0.348. The molecule has 3 heterocycles. The minimum absolute atomic E-state index is 0.0885. The number of aryl methyl sites for hydroxylation is 1. The first-order chi connectivity index (χ1) is 15.7. The first kappa shape index (κ1) is 21.1. The molecule has 9 heteroatoms. The molecule has 0 saturated heterocycles. The van der Waals surface area contributed by atoms with Crippen LogP contribution in [0.15, 0.2) is 47.9 Å². The average Bonchev–Trinajstić information content (AvgIpc) is 3.42. The van der Waals surface area contributed by atoms with Gasteiger partial charge in [0.05, 0.1) is 16.0 Å². The van der Waals surface area contributed by atoms with E-state index in [1.54, 1.807) is 12.4 Å². The van der Waals surface area contributed by atoms with Gasteiger partial charge in [0.25, 0.3) is 0 Å². The van der Waals surface area contributed by atoms with E-state index in [9.17, 15) is 4.79 Å². The Balaban J connectivity index is 1.33. The summed E-state index contributed by atoms with van der Waals surface area (Å²) in [6, 6.07) is 10.4. The SMILES string of the molecule is Cc1ccc2nc(NC(=O)CSc3nnc(-c4ccncc4)n3C3CCCCC3)sc2c1. The Morgan fingerprint density at radius 1 is 1.16 bits per heavy atom. The second-order valence-corrected chi connectivity index (χ2v) is 10.0. The van der Waals surface area contributed by atoms with Gasteiger partial charge in [0, 0.05) is 24.0 Å². The molecule has 4 aromatic rings. The van der Waals surface area contributed by atoms with Crippen molar-refractivity contribution in [2.24, 2.45) is 0 Å². The van der Waals surface area contributed by atoms with Crippen LogP contribution in [-0.4, -0.2) is 36.4 Å². The Hall–Kier alpha value is -2.78. The summed E-state index contributed by atoms with van der Waals surface area (Å²) in [7, 11) is 0. The number of rotatable bonds is 6. The molecule has 1 saturated carbocycles. The largest absolute Gasteiger partial charge is 0.301 e. The summed E-state index contributed by atoms with van der Waals surface area (Å²) in [6.45, 7) is 2.05. The molecule has 0 unspecified atom stereocenters. The molecule has 0 spiro atoms. The number of aromatic nitrogens is 5. The summed E-state index contributed by atoms with van der Waals surface area (Å²) >= 11 is 2.93. The number of amides is 1. The maximum atomic E-state index is 12.7. The normalized spacial score (nSPS) is 14.7. The van der Waals surface area contributed by atoms with Gasteiger partial charge < -0.3 is 5.32 Å². The van der Waals surface area contributed by atoms with Crippen LogP contribution in [0.25, 0.3) is 21.6 Å². The van der Waals surface area contributed by atoms with Gasteiger partial charge in [-0.05, 0) is 49.6 Å². The van der Waals surface area contributed by atoms with Gasteiger partial charge in [-0.2, -0.15) is 0 Å².